The normalized spacial score (nSPS) is 21.4. The van der Waals surface area contributed by atoms with Crippen LogP contribution >= 0.6 is 0 Å². The number of hydrogen-bond acceptors (Lipinski definition) is 2. The van der Waals surface area contributed by atoms with E-state index in [0.717, 1.165) is 31.4 Å². The van der Waals surface area contributed by atoms with Crippen molar-refractivity contribution in [3.63, 3.8) is 0 Å². The number of carbonyl (C=O) groups excluding carboxylic acids is 1. The summed E-state index contributed by atoms with van der Waals surface area (Å²) < 4.78 is 0. The van der Waals surface area contributed by atoms with Crippen LogP contribution in [0.2, 0.25) is 0 Å². The van der Waals surface area contributed by atoms with Gasteiger partial charge in [-0.2, -0.15) is 0 Å². The molecule has 3 heteroatoms. The first-order valence-corrected chi connectivity index (χ1v) is 5.44. The molecule has 2 rings (SSSR count). The molecule has 0 N–H and O–H groups in total. The van der Waals surface area contributed by atoms with Gasteiger partial charge in [0.15, 0.2) is 0 Å². The lowest BCUT2D eigenvalue weighted by atomic mass is 9.96. The van der Waals surface area contributed by atoms with Gasteiger partial charge in [-0.1, -0.05) is 6.07 Å². The van der Waals surface area contributed by atoms with E-state index >= 15 is 0 Å². The molecule has 1 amide bonds. The Kier molecular flexibility index (Phi) is 2.99. The first kappa shape index (κ1) is 10.1. The lowest BCUT2D eigenvalue weighted by Gasteiger charge is -2.32. The minimum absolute atomic E-state index is 0.239. The molecule has 1 aromatic heterocycles. The third kappa shape index (κ3) is 2.17. The van der Waals surface area contributed by atoms with Crippen molar-refractivity contribution in [1.82, 2.24) is 9.88 Å². The standard InChI is InChI=1S/C12H16N2O/c1-10-6-11(8-13-7-10)12-4-2-3-5-14(12)9-15/h6-9,12H,2-5H2,1H3. The Hall–Kier alpha value is -1.38. The highest BCUT2D eigenvalue weighted by atomic mass is 16.1. The SMILES string of the molecule is Cc1cncc(C2CCCCN2C=O)c1. The van der Waals surface area contributed by atoms with Crippen molar-refractivity contribution in [3.8, 4) is 0 Å². The number of pyridine rings is 1. The maximum atomic E-state index is 10.9. The summed E-state index contributed by atoms with van der Waals surface area (Å²) in [6.07, 6.45) is 8.06. The molecule has 80 valence electrons. The van der Waals surface area contributed by atoms with Crippen molar-refractivity contribution >= 4 is 6.41 Å². The van der Waals surface area contributed by atoms with Crippen molar-refractivity contribution in [2.24, 2.45) is 0 Å². The molecule has 1 fully saturated rings. The van der Waals surface area contributed by atoms with E-state index in [4.69, 9.17) is 0 Å². The zero-order chi connectivity index (χ0) is 10.7. The maximum Gasteiger partial charge on any atom is 0.210 e. The predicted octanol–water partition coefficient (Wildman–Crippen LogP) is 2.07. The fourth-order valence-corrected chi connectivity index (χ4v) is 2.20. The molecule has 1 aliphatic rings. The number of hydrogen-bond donors (Lipinski definition) is 0. The van der Waals surface area contributed by atoms with Crippen molar-refractivity contribution in [3.05, 3.63) is 29.6 Å². The summed E-state index contributed by atoms with van der Waals surface area (Å²) in [6.45, 7) is 2.91. The van der Waals surface area contributed by atoms with Crippen molar-refractivity contribution in [1.29, 1.82) is 0 Å². The van der Waals surface area contributed by atoms with Crippen molar-refractivity contribution in [2.45, 2.75) is 32.2 Å². The Balaban J connectivity index is 2.23. The van der Waals surface area contributed by atoms with E-state index in [1.807, 2.05) is 24.2 Å². The van der Waals surface area contributed by atoms with Gasteiger partial charge in [0, 0.05) is 18.9 Å². The molecule has 1 unspecified atom stereocenters. The largest absolute Gasteiger partial charge is 0.338 e. The Morgan fingerprint density at radius 2 is 2.33 bits per heavy atom. The van der Waals surface area contributed by atoms with Gasteiger partial charge in [-0.3, -0.25) is 9.78 Å². The predicted molar refractivity (Wildman–Crippen MR) is 58.3 cm³/mol. The molecule has 2 heterocycles. The Labute approximate surface area is 90.1 Å². The number of aryl methyl sites for hydroxylation is 1. The zero-order valence-electron chi connectivity index (χ0n) is 9.02. The highest BCUT2D eigenvalue weighted by Gasteiger charge is 2.22. The molecular formula is C12H16N2O. The van der Waals surface area contributed by atoms with Crippen LogP contribution in [0.4, 0.5) is 0 Å². The molecule has 0 radical (unpaired) electrons. The quantitative estimate of drug-likeness (QED) is 0.691. The molecule has 1 saturated heterocycles. The van der Waals surface area contributed by atoms with Crippen LogP contribution in [0.25, 0.3) is 0 Å². The van der Waals surface area contributed by atoms with Crippen LogP contribution in [-0.4, -0.2) is 22.8 Å². The first-order valence-electron chi connectivity index (χ1n) is 5.44. The molecule has 0 aliphatic carbocycles. The van der Waals surface area contributed by atoms with Gasteiger partial charge in [0.25, 0.3) is 0 Å². The highest BCUT2D eigenvalue weighted by Crippen LogP contribution is 2.29. The average Bonchev–Trinajstić information content (AvgIpc) is 2.29. The third-order valence-electron chi connectivity index (χ3n) is 2.96. The summed E-state index contributed by atoms with van der Waals surface area (Å²) >= 11 is 0. The van der Waals surface area contributed by atoms with Gasteiger partial charge in [-0.15, -0.1) is 0 Å². The van der Waals surface area contributed by atoms with Gasteiger partial charge in [0.1, 0.15) is 0 Å². The van der Waals surface area contributed by atoms with E-state index < -0.39 is 0 Å². The van der Waals surface area contributed by atoms with Crippen molar-refractivity contribution in [2.75, 3.05) is 6.54 Å². The summed E-state index contributed by atoms with van der Waals surface area (Å²) in [6, 6.07) is 2.36. The molecule has 1 aliphatic heterocycles. The molecule has 15 heavy (non-hydrogen) atoms. The van der Waals surface area contributed by atoms with Crippen LogP contribution < -0.4 is 0 Å². The lowest BCUT2D eigenvalue weighted by Crippen LogP contribution is -2.32. The fourth-order valence-electron chi connectivity index (χ4n) is 2.20. The Bertz CT molecular complexity index is 351. The van der Waals surface area contributed by atoms with Gasteiger partial charge < -0.3 is 4.90 Å². The second-order valence-electron chi connectivity index (χ2n) is 4.15. The summed E-state index contributed by atoms with van der Waals surface area (Å²) in [5, 5.41) is 0. The van der Waals surface area contributed by atoms with Crippen molar-refractivity contribution < 1.29 is 4.79 Å². The first-order chi connectivity index (χ1) is 7.31. The lowest BCUT2D eigenvalue weighted by molar-refractivity contribution is -0.121. The monoisotopic (exact) mass is 204 g/mol. The van der Waals surface area contributed by atoms with E-state index in [-0.39, 0.29) is 6.04 Å². The summed E-state index contributed by atoms with van der Waals surface area (Å²) in [7, 11) is 0. The van der Waals surface area contributed by atoms with Gasteiger partial charge in [-0.05, 0) is 37.3 Å². The van der Waals surface area contributed by atoms with Crippen LogP contribution in [0.3, 0.4) is 0 Å². The second kappa shape index (κ2) is 4.43. The summed E-state index contributed by atoms with van der Waals surface area (Å²) in [5.41, 5.74) is 2.32. The number of carbonyl (C=O) groups is 1. The fraction of sp³-hybridized carbons (Fsp3) is 0.500. The smallest absolute Gasteiger partial charge is 0.210 e. The minimum Gasteiger partial charge on any atom is -0.338 e. The molecule has 0 spiro atoms. The van der Waals surface area contributed by atoms with E-state index in [9.17, 15) is 4.79 Å². The number of likely N-dealkylation sites (tertiary alicyclic amines) is 1. The van der Waals surface area contributed by atoms with Crippen LogP contribution in [-0.2, 0) is 4.79 Å². The molecule has 0 bridgehead atoms. The molecule has 1 atom stereocenters. The molecule has 0 aromatic carbocycles. The molecule has 3 nitrogen and oxygen atoms in total. The number of amides is 1. The third-order valence-corrected chi connectivity index (χ3v) is 2.96. The summed E-state index contributed by atoms with van der Waals surface area (Å²) in [4.78, 5) is 17.0. The molecular weight excluding hydrogens is 188 g/mol. The number of aromatic nitrogens is 1. The minimum atomic E-state index is 0.239. The van der Waals surface area contributed by atoms with E-state index in [0.29, 0.717) is 0 Å². The van der Waals surface area contributed by atoms with E-state index in [1.165, 1.54) is 12.0 Å². The Morgan fingerprint density at radius 3 is 3.07 bits per heavy atom. The van der Waals surface area contributed by atoms with Crippen LogP contribution in [0, 0.1) is 6.92 Å². The Morgan fingerprint density at radius 1 is 1.47 bits per heavy atom. The van der Waals surface area contributed by atoms with Gasteiger partial charge in [0.2, 0.25) is 6.41 Å². The number of nitrogens with zero attached hydrogens (tertiary/aromatic N) is 2. The maximum absolute atomic E-state index is 10.9. The second-order valence-corrected chi connectivity index (χ2v) is 4.15. The van der Waals surface area contributed by atoms with Gasteiger partial charge in [-0.25, -0.2) is 0 Å². The topological polar surface area (TPSA) is 33.2 Å². The highest BCUT2D eigenvalue weighted by molar-refractivity contribution is 5.49. The average molecular weight is 204 g/mol. The van der Waals surface area contributed by atoms with Crippen LogP contribution in [0.1, 0.15) is 36.4 Å². The van der Waals surface area contributed by atoms with Crippen LogP contribution in [0.15, 0.2) is 18.5 Å². The van der Waals surface area contributed by atoms with E-state index in [1.54, 1.807) is 0 Å². The molecule has 0 saturated carbocycles. The summed E-state index contributed by atoms with van der Waals surface area (Å²) in [5.74, 6) is 0. The van der Waals surface area contributed by atoms with E-state index in [2.05, 4.69) is 11.1 Å². The zero-order valence-corrected chi connectivity index (χ0v) is 9.02. The number of rotatable bonds is 2. The molecule has 1 aromatic rings. The van der Waals surface area contributed by atoms with Gasteiger partial charge >= 0.3 is 0 Å². The number of piperidine rings is 1. The van der Waals surface area contributed by atoms with Gasteiger partial charge in [0.05, 0.1) is 6.04 Å². The van der Waals surface area contributed by atoms with Crippen LogP contribution in [0.5, 0.6) is 0 Å².